The molecule has 1 aliphatic heterocycles. The van der Waals surface area contributed by atoms with Crippen LogP contribution in [0.5, 0.6) is 0 Å². The minimum absolute atomic E-state index is 0.0562. The van der Waals surface area contributed by atoms with Crippen molar-refractivity contribution >= 4 is 21.4 Å². The molecule has 1 saturated heterocycles. The molecule has 1 aliphatic rings. The Bertz CT molecular complexity index is 1220. The lowest BCUT2D eigenvalue weighted by molar-refractivity contribution is 0.474. The SMILES string of the molecule is CC(C)CCS(=O)(=O)Nc1cccc(-c2ccc(F)nc2)c1N1CCC(c2nncn2C)CC1. The normalized spacial score (nSPS) is 15.1. The van der Waals surface area contributed by atoms with Gasteiger partial charge in [-0.05, 0) is 43.4 Å². The van der Waals surface area contributed by atoms with Gasteiger partial charge in [0.05, 0.1) is 17.1 Å². The lowest BCUT2D eigenvalue weighted by atomic mass is 9.94. The maximum atomic E-state index is 13.5. The van der Waals surface area contributed by atoms with E-state index in [1.165, 1.54) is 12.3 Å². The second kappa shape index (κ2) is 10.1. The number of aryl methyl sites for hydroxylation is 1. The van der Waals surface area contributed by atoms with Crippen LogP contribution in [-0.2, 0) is 17.1 Å². The highest BCUT2D eigenvalue weighted by Gasteiger charge is 2.28. The second-order valence-electron chi connectivity index (χ2n) is 9.24. The number of anilines is 2. The van der Waals surface area contributed by atoms with Crippen molar-refractivity contribution < 1.29 is 12.8 Å². The predicted molar refractivity (Wildman–Crippen MR) is 132 cm³/mol. The van der Waals surface area contributed by atoms with E-state index in [9.17, 15) is 12.8 Å². The monoisotopic (exact) mass is 486 g/mol. The van der Waals surface area contributed by atoms with Crippen molar-refractivity contribution in [3.63, 3.8) is 0 Å². The predicted octanol–water partition coefficient (Wildman–Crippen LogP) is 4.19. The Kier molecular flexibility index (Phi) is 7.16. The van der Waals surface area contributed by atoms with E-state index in [0.29, 0.717) is 12.1 Å². The number of benzene rings is 1. The summed E-state index contributed by atoms with van der Waals surface area (Å²) in [5.41, 5.74) is 2.87. The van der Waals surface area contributed by atoms with Crippen molar-refractivity contribution in [1.82, 2.24) is 19.7 Å². The van der Waals surface area contributed by atoms with E-state index in [1.54, 1.807) is 18.5 Å². The molecular formula is C24H31FN6O2S. The summed E-state index contributed by atoms with van der Waals surface area (Å²) in [6.07, 6.45) is 5.50. The van der Waals surface area contributed by atoms with Crippen LogP contribution < -0.4 is 9.62 Å². The molecule has 0 saturated carbocycles. The Morgan fingerprint density at radius 3 is 2.56 bits per heavy atom. The van der Waals surface area contributed by atoms with E-state index in [2.05, 4.69) is 24.8 Å². The summed E-state index contributed by atoms with van der Waals surface area (Å²) >= 11 is 0. The number of nitrogens with one attached hydrogen (secondary N) is 1. The van der Waals surface area contributed by atoms with E-state index in [0.717, 1.165) is 48.6 Å². The topological polar surface area (TPSA) is 93.0 Å². The zero-order valence-corrected chi connectivity index (χ0v) is 20.6. The maximum absolute atomic E-state index is 13.5. The molecule has 0 aliphatic carbocycles. The standard InChI is InChI=1S/C24H31FN6O2S/c1-17(2)11-14-34(32,33)29-21-6-4-5-20(19-7-8-22(25)26-15-19)23(21)31-12-9-18(10-13-31)24-28-27-16-30(24)3/h4-8,15-18,29H,9-14H2,1-3H3. The van der Waals surface area contributed by atoms with Crippen molar-refractivity contribution in [2.75, 3.05) is 28.5 Å². The lowest BCUT2D eigenvalue weighted by Crippen LogP contribution is -2.34. The summed E-state index contributed by atoms with van der Waals surface area (Å²) < 4.78 is 44.0. The fourth-order valence-electron chi connectivity index (χ4n) is 4.37. The highest BCUT2D eigenvalue weighted by Crippen LogP contribution is 2.40. The van der Waals surface area contributed by atoms with Crippen molar-refractivity contribution in [2.45, 2.75) is 39.0 Å². The van der Waals surface area contributed by atoms with Gasteiger partial charge in [-0.15, -0.1) is 10.2 Å². The highest BCUT2D eigenvalue weighted by atomic mass is 32.2. The van der Waals surface area contributed by atoms with Crippen molar-refractivity contribution in [3.05, 3.63) is 54.6 Å². The van der Waals surface area contributed by atoms with Gasteiger partial charge in [-0.3, -0.25) is 4.72 Å². The molecule has 0 radical (unpaired) electrons. The third-order valence-corrected chi connectivity index (χ3v) is 7.53. The van der Waals surface area contributed by atoms with E-state index >= 15 is 0 Å². The van der Waals surface area contributed by atoms with Gasteiger partial charge in [0.1, 0.15) is 12.2 Å². The fourth-order valence-corrected chi connectivity index (χ4v) is 5.75. The Labute approximate surface area is 200 Å². The summed E-state index contributed by atoms with van der Waals surface area (Å²) in [5.74, 6) is 1.04. The number of sulfonamides is 1. The highest BCUT2D eigenvalue weighted by molar-refractivity contribution is 7.92. The smallest absolute Gasteiger partial charge is 0.232 e. The zero-order valence-electron chi connectivity index (χ0n) is 19.8. The van der Waals surface area contributed by atoms with E-state index in [-0.39, 0.29) is 17.6 Å². The van der Waals surface area contributed by atoms with Gasteiger partial charge < -0.3 is 9.47 Å². The van der Waals surface area contributed by atoms with Crippen LogP contribution in [0.25, 0.3) is 11.1 Å². The first-order chi connectivity index (χ1) is 16.2. The van der Waals surface area contributed by atoms with E-state index in [1.807, 2.05) is 37.6 Å². The van der Waals surface area contributed by atoms with Crippen LogP contribution in [0.1, 0.15) is 44.9 Å². The summed E-state index contributed by atoms with van der Waals surface area (Å²) in [5, 5.41) is 8.27. The quantitative estimate of drug-likeness (QED) is 0.480. The molecule has 1 fully saturated rings. The number of halogens is 1. The Morgan fingerprint density at radius 1 is 1.18 bits per heavy atom. The Balaban J connectivity index is 1.67. The number of rotatable bonds is 8. The number of aromatic nitrogens is 4. The number of piperidine rings is 1. The molecule has 0 amide bonds. The number of para-hydroxylation sites is 1. The molecule has 0 atom stereocenters. The molecule has 3 aromatic rings. The van der Waals surface area contributed by atoms with Crippen LogP contribution in [-0.4, -0.2) is 47.0 Å². The van der Waals surface area contributed by atoms with Crippen LogP contribution in [0.3, 0.4) is 0 Å². The molecule has 0 unspecified atom stereocenters. The molecule has 4 rings (SSSR count). The van der Waals surface area contributed by atoms with Gasteiger partial charge in [0, 0.05) is 43.4 Å². The summed E-state index contributed by atoms with van der Waals surface area (Å²) in [7, 11) is -1.58. The largest absolute Gasteiger partial charge is 0.369 e. The van der Waals surface area contributed by atoms with Gasteiger partial charge >= 0.3 is 0 Å². The summed E-state index contributed by atoms with van der Waals surface area (Å²) in [6, 6.07) is 8.51. The molecular weight excluding hydrogens is 455 g/mol. The van der Waals surface area contributed by atoms with Crippen LogP contribution in [0, 0.1) is 11.9 Å². The third kappa shape index (κ3) is 5.55. The molecule has 10 heteroatoms. The molecule has 0 bridgehead atoms. The average molecular weight is 487 g/mol. The number of pyridine rings is 1. The summed E-state index contributed by atoms with van der Waals surface area (Å²) in [6.45, 7) is 5.46. The molecule has 8 nitrogen and oxygen atoms in total. The Hall–Kier alpha value is -3.01. The molecule has 2 aromatic heterocycles. The van der Waals surface area contributed by atoms with Crippen molar-refractivity contribution in [3.8, 4) is 11.1 Å². The molecule has 1 N–H and O–H groups in total. The maximum Gasteiger partial charge on any atom is 0.232 e. The zero-order chi connectivity index (χ0) is 24.3. The fraction of sp³-hybridized carbons (Fsp3) is 0.458. The van der Waals surface area contributed by atoms with Crippen molar-refractivity contribution in [1.29, 1.82) is 0 Å². The van der Waals surface area contributed by atoms with Gasteiger partial charge in [-0.25, -0.2) is 13.4 Å². The minimum atomic E-state index is -3.52. The minimum Gasteiger partial charge on any atom is -0.369 e. The summed E-state index contributed by atoms with van der Waals surface area (Å²) in [4.78, 5) is 6.01. The van der Waals surface area contributed by atoms with Gasteiger partial charge in [-0.1, -0.05) is 26.0 Å². The van der Waals surface area contributed by atoms with Gasteiger partial charge in [0.25, 0.3) is 0 Å². The van der Waals surface area contributed by atoms with Crippen LogP contribution >= 0.6 is 0 Å². The van der Waals surface area contributed by atoms with E-state index in [4.69, 9.17) is 0 Å². The van der Waals surface area contributed by atoms with E-state index < -0.39 is 16.0 Å². The first kappa shape index (κ1) is 24.1. The molecule has 182 valence electrons. The van der Waals surface area contributed by atoms with Gasteiger partial charge in [0.2, 0.25) is 16.0 Å². The lowest BCUT2D eigenvalue weighted by Gasteiger charge is -2.35. The number of hydrogen-bond acceptors (Lipinski definition) is 6. The van der Waals surface area contributed by atoms with Crippen LogP contribution in [0.4, 0.5) is 15.8 Å². The first-order valence-electron chi connectivity index (χ1n) is 11.6. The Morgan fingerprint density at radius 2 is 1.94 bits per heavy atom. The second-order valence-corrected chi connectivity index (χ2v) is 11.1. The average Bonchev–Trinajstić information content (AvgIpc) is 3.24. The molecule has 0 spiro atoms. The molecule has 3 heterocycles. The van der Waals surface area contributed by atoms with Crippen LogP contribution in [0.2, 0.25) is 0 Å². The number of hydrogen-bond donors (Lipinski definition) is 1. The van der Waals surface area contributed by atoms with Crippen molar-refractivity contribution in [2.24, 2.45) is 13.0 Å². The first-order valence-corrected chi connectivity index (χ1v) is 13.2. The molecule has 34 heavy (non-hydrogen) atoms. The van der Waals surface area contributed by atoms with Gasteiger partial charge in [-0.2, -0.15) is 4.39 Å². The van der Waals surface area contributed by atoms with Crippen LogP contribution in [0.15, 0.2) is 42.9 Å². The molecule has 1 aromatic carbocycles. The van der Waals surface area contributed by atoms with Gasteiger partial charge in [0.15, 0.2) is 0 Å². The number of nitrogens with zero attached hydrogens (tertiary/aromatic N) is 5. The third-order valence-electron chi connectivity index (χ3n) is 6.23.